The molecule has 1 aliphatic rings. The third-order valence-electron chi connectivity index (χ3n) is 6.14. The number of nitrogens with one attached hydrogen (secondary N) is 1. The van der Waals surface area contributed by atoms with Crippen molar-refractivity contribution in [3.05, 3.63) is 108 Å². The van der Waals surface area contributed by atoms with Crippen LogP contribution in [0.3, 0.4) is 0 Å². The van der Waals surface area contributed by atoms with Crippen molar-refractivity contribution in [1.29, 1.82) is 0 Å². The fraction of sp³-hybridized carbons (Fsp3) is 0.231. The van der Waals surface area contributed by atoms with Gasteiger partial charge in [0, 0.05) is 48.8 Å². The van der Waals surface area contributed by atoms with Crippen molar-refractivity contribution in [3.63, 3.8) is 0 Å². The van der Waals surface area contributed by atoms with Crippen LogP contribution in [-0.2, 0) is 4.74 Å². The molecule has 0 amide bonds. The first kappa shape index (κ1) is 18.2. The quantitative estimate of drug-likeness (QED) is 0.472. The highest BCUT2D eigenvalue weighted by Gasteiger charge is 2.39. The lowest BCUT2D eigenvalue weighted by Crippen LogP contribution is -2.51. The zero-order valence-corrected chi connectivity index (χ0v) is 16.7. The Bertz CT molecular complexity index is 1030. The van der Waals surface area contributed by atoms with Crippen LogP contribution in [0, 0.1) is 5.92 Å². The SMILES string of the molecule is COC(c1c[nH]c2ccccc12)C1CN(C(c2ccccc2)c2ccccc2)C1. The second-order valence-corrected chi connectivity index (χ2v) is 7.88. The maximum absolute atomic E-state index is 6.00. The molecule has 0 spiro atoms. The minimum Gasteiger partial charge on any atom is -0.376 e. The molecule has 1 aliphatic heterocycles. The Labute approximate surface area is 171 Å². The number of hydrogen-bond donors (Lipinski definition) is 1. The van der Waals surface area contributed by atoms with Gasteiger partial charge in [-0.15, -0.1) is 0 Å². The van der Waals surface area contributed by atoms with Gasteiger partial charge in [-0.25, -0.2) is 0 Å². The van der Waals surface area contributed by atoms with Gasteiger partial charge < -0.3 is 9.72 Å². The van der Waals surface area contributed by atoms with Crippen LogP contribution in [0.2, 0.25) is 0 Å². The van der Waals surface area contributed by atoms with Crippen molar-refractivity contribution >= 4 is 10.9 Å². The average molecular weight is 383 g/mol. The molecule has 146 valence electrons. The van der Waals surface area contributed by atoms with Gasteiger partial charge >= 0.3 is 0 Å². The number of nitrogens with zero attached hydrogens (tertiary/aromatic N) is 1. The first-order chi connectivity index (χ1) is 14.3. The second-order valence-electron chi connectivity index (χ2n) is 7.88. The molecule has 3 aromatic carbocycles. The Hall–Kier alpha value is -2.88. The Balaban J connectivity index is 1.40. The Kier molecular flexibility index (Phi) is 4.92. The summed E-state index contributed by atoms with van der Waals surface area (Å²) in [6.07, 6.45) is 2.22. The van der Waals surface area contributed by atoms with Crippen LogP contribution in [0.1, 0.15) is 28.8 Å². The van der Waals surface area contributed by atoms with Crippen molar-refractivity contribution in [1.82, 2.24) is 9.88 Å². The van der Waals surface area contributed by atoms with Gasteiger partial charge in [0.15, 0.2) is 0 Å². The second kappa shape index (κ2) is 7.86. The number of benzene rings is 3. The monoisotopic (exact) mass is 382 g/mol. The van der Waals surface area contributed by atoms with Crippen molar-refractivity contribution < 1.29 is 4.74 Å². The number of likely N-dealkylation sites (tertiary alicyclic amines) is 1. The molecule has 3 nitrogen and oxygen atoms in total. The number of hydrogen-bond acceptors (Lipinski definition) is 2. The van der Waals surface area contributed by atoms with Crippen molar-refractivity contribution in [3.8, 4) is 0 Å². The van der Waals surface area contributed by atoms with Crippen LogP contribution in [0.4, 0.5) is 0 Å². The number of methoxy groups -OCH3 is 1. The molecule has 0 bridgehead atoms. The van der Waals surface area contributed by atoms with Gasteiger partial charge in [-0.1, -0.05) is 78.9 Å². The van der Waals surface area contributed by atoms with E-state index in [4.69, 9.17) is 4.74 Å². The first-order valence-corrected chi connectivity index (χ1v) is 10.3. The highest BCUT2D eigenvalue weighted by atomic mass is 16.5. The van der Waals surface area contributed by atoms with Gasteiger partial charge in [-0.2, -0.15) is 0 Å². The molecule has 2 heterocycles. The summed E-state index contributed by atoms with van der Waals surface area (Å²) in [4.78, 5) is 5.96. The molecule has 5 rings (SSSR count). The molecule has 1 atom stereocenters. The van der Waals surface area contributed by atoms with Crippen molar-refractivity contribution in [2.45, 2.75) is 12.1 Å². The first-order valence-electron chi connectivity index (χ1n) is 10.3. The average Bonchev–Trinajstić information content (AvgIpc) is 3.18. The summed E-state index contributed by atoms with van der Waals surface area (Å²) in [6, 6.07) is 30.4. The van der Waals surface area contributed by atoms with E-state index >= 15 is 0 Å². The van der Waals surface area contributed by atoms with E-state index in [0.717, 1.165) is 13.1 Å². The summed E-state index contributed by atoms with van der Waals surface area (Å²) in [5.74, 6) is 0.481. The van der Waals surface area contributed by atoms with E-state index in [1.165, 1.54) is 27.6 Å². The smallest absolute Gasteiger partial charge is 0.0894 e. The number of fused-ring (bicyclic) bond motifs is 1. The maximum Gasteiger partial charge on any atom is 0.0894 e. The van der Waals surface area contributed by atoms with E-state index in [1.54, 1.807) is 0 Å². The molecule has 1 fully saturated rings. The van der Waals surface area contributed by atoms with Gasteiger partial charge in [0.25, 0.3) is 0 Å². The molecule has 3 heteroatoms. The molecule has 0 radical (unpaired) electrons. The third-order valence-corrected chi connectivity index (χ3v) is 6.14. The largest absolute Gasteiger partial charge is 0.376 e. The number of aromatic amines is 1. The fourth-order valence-corrected chi connectivity index (χ4v) is 4.74. The predicted octanol–water partition coefficient (Wildman–Crippen LogP) is 5.58. The van der Waals surface area contributed by atoms with Gasteiger partial charge in [0.1, 0.15) is 0 Å². The van der Waals surface area contributed by atoms with E-state index in [-0.39, 0.29) is 12.1 Å². The number of rotatable bonds is 6. The summed E-state index contributed by atoms with van der Waals surface area (Å²) in [6.45, 7) is 2.04. The highest BCUT2D eigenvalue weighted by Crippen LogP contribution is 2.41. The third kappa shape index (κ3) is 3.37. The zero-order valence-electron chi connectivity index (χ0n) is 16.7. The Morgan fingerprint density at radius 3 is 2.03 bits per heavy atom. The number of para-hydroxylation sites is 1. The van der Waals surface area contributed by atoms with Crippen molar-refractivity contribution in [2.75, 3.05) is 20.2 Å². The molecule has 4 aromatic rings. The molecule has 1 aromatic heterocycles. The summed E-state index contributed by atoms with van der Waals surface area (Å²) in [5, 5.41) is 1.26. The topological polar surface area (TPSA) is 28.3 Å². The van der Waals surface area contributed by atoms with Crippen LogP contribution in [-0.4, -0.2) is 30.1 Å². The molecular weight excluding hydrogens is 356 g/mol. The lowest BCUT2D eigenvalue weighted by molar-refractivity contribution is -0.0417. The van der Waals surface area contributed by atoms with E-state index in [0.29, 0.717) is 5.92 Å². The molecular formula is C26H26N2O. The van der Waals surface area contributed by atoms with Gasteiger partial charge in [-0.3, -0.25) is 4.90 Å². The van der Waals surface area contributed by atoms with Crippen LogP contribution < -0.4 is 0 Å². The summed E-state index contributed by atoms with van der Waals surface area (Å²) in [7, 11) is 1.83. The molecule has 29 heavy (non-hydrogen) atoms. The minimum atomic E-state index is 0.106. The van der Waals surface area contributed by atoms with Crippen molar-refractivity contribution in [2.24, 2.45) is 5.92 Å². The zero-order chi connectivity index (χ0) is 19.6. The summed E-state index contributed by atoms with van der Waals surface area (Å²) < 4.78 is 6.00. The summed E-state index contributed by atoms with van der Waals surface area (Å²) in [5.41, 5.74) is 5.13. The van der Waals surface area contributed by atoms with E-state index in [2.05, 4.69) is 101 Å². The van der Waals surface area contributed by atoms with Gasteiger partial charge in [-0.05, 0) is 17.2 Å². The lowest BCUT2D eigenvalue weighted by atomic mass is 9.85. The van der Waals surface area contributed by atoms with Crippen LogP contribution >= 0.6 is 0 Å². The minimum absolute atomic E-state index is 0.106. The maximum atomic E-state index is 6.00. The fourth-order valence-electron chi connectivity index (χ4n) is 4.74. The van der Waals surface area contributed by atoms with E-state index in [9.17, 15) is 0 Å². The lowest BCUT2D eigenvalue weighted by Gasteiger charge is -2.47. The van der Waals surface area contributed by atoms with E-state index in [1.807, 2.05) is 7.11 Å². The number of aromatic nitrogens is 1. The van der Waals surface area contributed by atoms with Gasteiger partial charge in [0.05, 0.1) is 12.1 Å². The van der Waals surface area contributed by atoms with Crippen LogP contribution in [0.5, 0.6) is 0 Å². The predicted molar refractivity (Wildman–Crippen MR) is 118 cm³/mol. The normalized spacial score (nSPS) is 16.2. The Morgan fingerprint density at radius 2 is 1.41 bits per heavy atom. The van der Waals surface area contributed by atoms with Crippen LogP contribution in [0.15, 0.2) is 91.1 Å². The number of H-pyrrole nitrogens is 1. The molecule has 0 aliphatic carbocycles. The van der Waals surface area contributed by atoms with Crippen LogP contribution in [0.25, 0.3) is 10.9 Å². The molecule has 1 saturated heterocycles. The highest BCUT2D eigenvalue weighted by molar-refractivity contribution is 5.83. The van der Waals surface area contributed by atoms with Gasteiger partial charge in [0.2, 0.25) is 0 Å². The summed E-state index contributed by atoms with van der Waals surface area (Å²) >= 11 is 0. The van der Waals surface area contributed by atoms with E-state index < -0.39 is 0 Å². The molecule has 1 N–H and O–H groups in total. The Morgan fingerprint density at radius 1 is 0.828 bits per heavy atom. The molecule has 0 saturated carbocycles. The molecule has 1 unspecified atom stereocenters. The number of ether oxygens (including phenoxy) is 1. The standard InChI is InChI=1S/C26H26N2O/c1-29-26(23-16-27-24-15-9-8-14-22(23)24)21-17-28(18-21)25(19-10-4-2-5-11-19)20-12-6-3-7-13-20/h2-16,21,25-27H,17-18H2,1H3.